The maximum atomic E-state index is 3.44. The van der Waals surface area contributed by atoms with Gasteiger partial charge in [-0.1, -0.05) is 18.6 Å². The van der Waals surface area contributed by atoms with Gasteiger partial charge >= 0.3 is 0 Å². The summed E-state index contributed by atoms with van der Waals surface area (Å²) in [6.07, 6.45) is 8.30. The quantitative estimate of drug-likeness (QED) is 0.666. The van der Waals surface area contributed by atoms with E-state index >= 15 is 0 Å². The van der Waals surface area contributed by atoms with Crippen molar-refractivity contribution < 1.29 is 0 Å². The van der Waals surface area contributed by atoms with Crippen LogP contribution in [0.25, 0.3) is 0 Å². The molecule has 0 aromatic rings. The first-order chi connectivity index (χ1) is 7.22. The molecule has 2 aliphatic rings. The minimum atomic E-state index is 0.472. The normalized spacial score (nSPS) is 41.7. The zero-order valence-corrected chi connectivity index (χ0v) is 10.3. The summed E-state index contributed by atoms with van der Waals surface area (Å²) >= 11 is 0. The molecule has 0 spiro atoms. The Morgan fingerprint density at radius 1 is 1.33 bits per heavy atom. The number of nitrogens with one attached hydrogen (secondary N) is 1. The highest BCUT2D eigenvalue weighted by Gasteiger charge is 2.27. The first kappa shape index (κ1) is 11.2. The molecule has 0 aromatic heterocycles. The van der Waals surface area contributed by atoms with Crippen molar-refractivity contribution in [1.82, 2.24) is 10.2 Å². The maximum absolute atomic E-state index is 3.44. The number of likely N-dealkylation sites (N-methyl/N-ethyl adjacent to an activating group) is 1. The van der Waals surface area contributed by atoms with Crippen LogP contribution in [0.1, 0.15) is 39.5 Å². The minimum Gasteiger partial charge on any atom is -0.302 e. The third-order valence-electron chi connectivity index (χ3n) is 4.13. The van der Waals surface area contributed by atoms with Crippen LogP contribution in [0, 0.1) is 5.92 Å². The van der Waals surface area contributed by atoms with Crippen LogP contribution < -0.4 is 5.32 Å². The molecule has 0 radical (unpaired) electrons. The van der Waals surface area contributed by atoms with Crippen LogP contribution in [-0.2, 0) is 0 Å². The number of hydrogen-bond acceptors (Lipinski definition) is 2. The molecular formula is C13H24N2. The highest BCUT2D eigenvalue weighted by Crippen LogP contribution is 2.30. The van der Waals surface area contributed by atoms with E-state index in [1.54, 1.807) is 5.57 Å². The maximum Gasteiger partial charge on any atom is 0.0792 e. The fraction of sp³-hybridized carbons (Fsp3) is 0.846. The molecule has 4 atom stereocenters. The van der Waals surface area contributed by atoms with Gasteiger partial charge in [-0.2, -0.15) is 0 Å². The van der Waals surface area contributed by atoms with Gasteiger partial charge in [0.2, 0.25) is 0 Å². The predicted molar refractivity (Wildman–Crippen MR) is 64.7 cm³/mol. The summed E-state index contributed by atoms with van der Waals surface area (Å²) in [6, 6.07) is 0.724. The molecule has 0 aliphatic carbocycles. The lowest BCUT2D eigenvalue weighted by atomic mass is 9.91. The summed E-state index contributed by atoms with van der Waals surface area (Å²) in [5, 5.41) is 3.44. The lowest BCUT2D eigenvalue weighted by molar-refractivity contribution is 0.147. The zero-order chi connectivity index (χ0) is 10.8. The Morgan fingerprint density at radius 3 is 2.87 bits per heavy atom. The molecule has 0 saturated heterocycles. The van der Waals surface area contributed by atoms with Crippen molar-refractivity contribution in [3.8, 4) is 0 Å². The van der Waals surface area contributed by atoms with Crippen LogP contribution in [0.2, 0.25) is 0 Å². The summed E-state index contributed by atoms with van der Waals surface area (Å²) in [5.41, 5.74) is 1.68. The fourth-order valence-corrected chi connectivity index (χ4v) is 2.98. The van der Waals surface area contributed by atoms with Gasteiger partial charge in [-0.05, 0) is 45.6 Å². The van der Waals surface area contributed by atoms with Crippen LogP contribution in [0.15, 0.2) is 11.6 Å². The van der Waals surface area contributed by atoms with E-state index in [0.29, 0.717) is 6.17 Å². The van der Waals surface area contributed by atoms with E-state index in [9.17, 15) is 0 Å². The Bertz CT molecular complexity index is 247. The monoisotopic (exact) mass is 208 g/mol. The molecule has 2 heterocycles. The Kier molecular flexibility index (Phi) is 3.47. The number of nitrogens with zero attached hydrogens (tertiary/aromatic N) is 1. The summed E-state index contributed by atoms with van der Waals surface area (Å²) in [6.45, 7) is 6.02. The Hall–Kier alpha value is -0.340. The topological polar surface area (TPSA) is 15.3 Å². The number of allylic oxidation sites excluding steroid dienone is 1. The molecule has 0 amide bonds. The van der Waals surface area contributed by atoms with Crippen LogP contribution in [0.3, 0.4) is 0 Å². The second-order valence-electron chi connectivity index (χ2n) is 5.14. The van der Waals surface area contributed by atoms with Crippen molar-refractivity contribution in [3.63, 3.8) is 0 Å². The molecule has 1 N–H and O–H groups in total. The van der Waals surface area contributed by atoms with Gasteiger partial charge in [0.05, 0.1) is 6.17 Å². The average molecular weight is 208 g/mol. The molecule has 0 aromatic carbocycles. The number of hydrogen-bond donors (Lipinski definition) is 1. The molecule has 3 unspecified atom stereocenters. The summed E-state index contributed by atoms with van der Waals surface area (Å²) in [5.74, 6) is 0.799. The van der Waals surface area contributed by atoms with Crippen LogP contribution in [0.4, 0.5) is 0 Å². The fourth-order valence-electron chi connectivity index (χ4n) is 2.98. The summed E-state index contributed by atoms with van der Waals surface area (Å²) in [4.78, 5) is 2.62. The van der Waals surface area contributed by atoms with Gasteiger partial charge in [-0.3, -0.25) is 4.90 Å². The van der Waals surface area contributed by atoms with E-state index in [-0.39, 0.29) is 0 Å². The third-order valence-corrected chi connectivity index (χ3v) is 4.13. The standard InChI is InChI=1S/C13H24N2/c1-10-5-4-8-15-11(2)6-7-12(10)9-13(15)14-3/h9-11,13-14H,4-8H2,1-3H3/t10-,11?,13?/m0/s1. The lowest BCUT2D eigenvalue weighted by Crippen LogP contribution is -2.47. The van der Waals surface area contributed by atoms with Crippen molar-refractivity contribution in [1.29, 1.82) is 0 Å². The predicted octanol–water partition coefficient (Wildman–Crippen LogP) is 2.37. The molecular weight excluding hydrogens is 184 g/mol. The van der Waals surface area contributed by atoms with E-state index in [1.165, 1.54) is 32.2 Å². The van der Waals surface area contributed by atoms with Gasteiger partial charge < -0.3 is 5.32 Å². The van der Waals surface area contributed by atoms with Gasteiger partial charge in [-0.15, -0.1) is 0 Å². The Morgan fingerprint density at radius 2 is 2.13 bits per heavy atom. The Balaban J connectivity index is 2.27. The summed E-state index contributed by atoms with van der Waals surface area (Å²) in [7, 11) is 2.08. The molecule has 86 valence electrons. The smallest absolute Gasteiger partial charge is 0.0792 e. The highest BCUT2D eigenvalue weighted by atomic mass is 15.3. The zero-order valence-electron chi connectivity index (χ0n) is 10.3. The molecule has 2 heteroatoms. The van der Waals surface area contributed by atoms with Gasteiger partial charge in [0.1, 0.15) is 0 Å². The average Bonchev–Trinajstić information content (AvgIpc) is 2.33. The highest BCUT2D eigenvalue weighted by molar-refractivity contribution is 5.13. The third kappa shape index (κ3) is 2.26. The van der Waals surface area contributed by atoms with Crippen LogP contribution in [0.5, 0.6) is 0 Å². The lowest BCUT2D eigenvalue weighted by Gasteiger charge is -2.34. The van der Waals surface area contributed by atoms with Crippen molar-refractivity contribution in [2.75, 3.05) is 13.6 Å². The van der Waals surface area contributed by atoms with E-state index in [4.69, 9.17) is 0 Å². The van der Waals surface area contributed by atoms with Crippen LogP contribution in [-0.4, -0.2) is 30.7 Å². The first-order valence-corrected chi connectivity index (χ1v) is 6.36. The van der Waals surface area contributed by atoms with Gasteiger partial charge in [0.15, 0.2) is 0 Å². The molecule has 2 rings (SSSR count). The van der Waals surface area contributed by atoms with E-state index < -0.39 is 0 Å². The Labute approximate surface area is 93.7 Å². The van der Waals surface area contributed by atoms with Crippen LogP contribution >= 0.6 is 0 Å². The first-order valence-electron chi connectivity index (χ1n) is 6.36. The second kappa shape index (κ2) is 4.67. The second-order valence-corrected chi connectivity index (χ2v) is 5.14. The summed E-state index contributed by atoms with van der Waals surface area (Å²) < 4.78 is 0. The molecule has 2 nitrogen and oxygen atoms in total. The van der Waals surface area contributed by atoms with Gasteiger partial charge in [0, 0.05) is 12.6 Å². The van der Waals surface area contributed by atoms with Gasteiger partial charge in [-0.25, -0.2) is 0 Å². The molecule has 0 saturated carbocycles. The van der Waals surface area contributed by atoms with E-state index in [1.807, 2.05) is 0 Å². The van der Waals surface area contributed by atoms with E-state index in [2.05, 4.69) is 37.2 Å². The molecule has 0 fully saturated rings. The number of rotatable bonds is 1. The largest absolute Gasteiger partial charge is 0.302 e. The van der Waals surface area contributed by atoms with Crippen molar-refractivity contribution in [2.24, 2.45) is 5.92 Å². The van der Waals surface area contributed by atoms with Gasteiger partial charge in [0.25, 0.3) is 0 Å². The van der Waals surface area contributed by atoms with Crippen molar-refractivity contribution in [3.05, 3.63) is 11.6 Å². The van der Waals surface area contributed by atoms with E-state index in [0.717, 1.165) is 12.0 Å². The van der Waals surface area contributed by atoms with Crippen molar-refractivity contribution in [2.45, 2.75) is 51.7 Å². The van der Waals surface area contributed by atoms with Crippen molar-refractivity contribution >= 4 is 0 Å². The SMILES string of the molecule is CNC1C=C2CCC(C)N1CCC[C@@H]2C. The molecule has 15 heavy (non-hydrogen) atoms. The molecule has 2 bridgehead atoms. The molecule has 2 aliphatic heterocycles. The number of fused-ring (bicyclic) bond motifs is 2. The minimum absolute atomic E-state index is 0.472.